The van der Waals surface area contributed by atoms with Gasteiger partial charge in [0.05, 0.1) is 7.11 Å². The highest BCUT2D eigenvalue weighted by Crippen LogP contribution is 2.28. The van der Waals surface area contributed by atoms with Crippen LogP contribution in [-0.4, -0.2) is 23.2 Å². The van der Waals surface area contributed by atoms with E-state index in [0.29, 0.717) is 0 Å². The fraction of sp³-hybridized carbons (Fsp3) is 0.250. The van der Waals surface area contributed by atoms with Crippen LogP contribution in [0.15, 0.2) is 6.07 Å². The van der Waals surface area contributed by atoms with E-state index in [2.05, 4.69) is 9.72 Å². The zero-order chi connectivity index (χ0) is 11.6. The molecule has 0 fully saturated rings. The van der Waals surface area contributed by atoms with Crippen LogP contribution < -0.4 is 4.74 Å². The summed E-state index contributed by atoms with van der Waals surface area (Å²) in [5, 5.41) is 8.74. The van der Waals surface area contributed by atoms with E-state index >= 15 is 0 Å². The molecule has 15 heavy (non-hydrogen) atoms. The van der Waals surface area contributed by atoms with Crippen molar-refractivity contribution < 1.29 is 23.4 Å². The van der Waals surface area contributed by atoms with E-state index in [0.717, 1.165) is 6.07 Å². The average molecular weight is 329 g/mol. The molecule has 0 bridgehead atoms. The predicted octanol–water partition coefficient (Wildman–Crippen LogP) is 2.33. The number of methoxy groups -OCH3 is 1. The summed E-state index contributed by atoms with van der Waals surface area (Å²) in [5.74, 6) is -1.45. The van der Waals surface area contributed by atoms with Gasteiger partial charge in [-0.25, -0.2) is 18.6 Å². The second-order valence-electron chi connectivity index (χ2n) is 2.53. The first-order chi connectivity index (χ1) is 6.97. The van der Waals surface area contributed by atoms with Gasteiger partial charge in [-0.1, -0.05) is 0 Å². The minimum absolute atomic E-state index is 0.0187. The summed E-state index contributed by atoms with van der Waals surface area (Å²) < 4.78 is 29.7. The van der Waals surface area contributed by atoms with E-state index in [4.69, 9.17) is 5.11 Å². The van der Waals surface area contributed by atoms with Gasteiger partial charge in [-0.05, 0) is 22.6 Å². The van der Waals surface area contributed by atoms with E-state index in [1.54, 1.807) is 22.6 Å². The Hall–Kier alpha value is -0.990. The number of carboxylic acids is 1. The molecule has 0 atom stereocenters. The molecule has 0 amide bonds. The number of carboxylic acid groups (broad SMARTS) is 1. The van der Waals surface area contributed by atoms with Crippen LogP contribution >= 0.6 is 22.6 Å². The smallest absolute Gasteiger partial charge is 0.338 e. The normalized spacial score (nSPS) is 10.5. The molecule has 0 spiro atoms. The van der Waals surface area contributed by atoms with Gasteiger partial charge < -0.3 is 9.84 Å². The molecule has 82 valence electrons. The van der Waals surface area contributed by atoms with Crippen LogP contribution in [-0.2, 0) is 0 Å². The topological polar surface area (TPSA) is 59.4 Å². The Labute approximate surface area is 97.4 Å². The SMILES string of the molecule is COc1cc(C(F)F)c(C(=O)O)c(I)n1. The molecule has 7 heteroatoms. The average Bonchev–Trinajstić information content (AvgIpc) is 2.15. The van der Waals surface area contributed by atoms with Crippen molar-refractivity contribution in [3.05, 3.63) is 20.9 Å². The first-order valence-electron chi connectivity index (χ1n) is 3.73. The second-order valence-corrected chi connectivity index (χ2v) is 3.55. The highest BCUT2D eigenvalue weighted by atomic mass is 127. The van der Waals surface area contributed by atoms with Crippen molar-refractivity contribution in [3.63, 3.8) is 0 Å². The number of rotatable bonds is 3. The lowest BCUT2D eigenvalue weighted by Crippen LogP contribution is -2.08. The van der Waals surface area contributed by atoms with Gasteiger partial charge in [-0.2, -0.15) is 0 Å². The third-order valence-corrected chi connectivity index (χ3v) is 2.42. The Balaban J connectivity index is 3.42. The van der Waals surface area contributed by atoms with Crippen LogP contribution in [0.4, 0.5) is 8.78 Å². The molecule has 0 aliphatic carbocycles. The largest absolute Gasteiger partial charge is 0.481 e. The predicted molar refractivity (Wildman–Crippen MR) is 55.4 cm³/mol. The van der Waals surface area contributed by atoms with Gasteiger partial charge in [0.25, 0.3) is 6.43 Å². The number of pyridine rings is 1. The van der Waals surface area contributed by atoms with Crippen LogP contribution in [0, 0.1) is 3.70 Å². The van der Waals surface area contributed by atoms with Crippen molar-refractivity contribution in [3.8, 4) is 5.88 Å². The molecule has 1 aromatic heterocycles. The molecule has 0 unspecified atom stereocenters. The monoisotopic (exact) mass is 329 g/mol. The summed E-state index contributed by atoms with van der Waals surface area (Å²) >= 11 is 1.58. The molecule has 0 aliphatic heterocycles. The van der Waals surface area contributed by atoms with Crippen molar-refractivity contribution in [2.45, 2.75) is 6.43 Å². The Morgan fingerprint density at radius 2 is 2.27 bits per heavy atom. The Morgan fingerprint density at radius 1 is 1.67 bits per heavy atom. The molecule has 0 radical (unpaired) electrons. The molecule has 1 heterocycles. The first kappa shape index (κ1) is 12.1. The molecule has 0 aliphatic rings. The lowest BCUT2D eigenvalue weighted by Gasteiger charge is -2.08. The van der Waals surface area contributed by atoms with Crippen molar-refractivity contribution in [2.75, 3.05) is 7.11 Å². The van der Waals surface area contributed by atoms with E-state index in [1.165, 1.54) is 7.11 Å². The van der Waals surface area contributed by atoms with Gasteiger partial charge in [-0.3, -0.25) is 0 Å². The van der Waals surface area contributed by atoms with Gasteiger partial charge >= 0.3 is 5.97 Å². The van der Waals surface area contributed by atoms with Crippen molar-refractivity contribution in [2.24, 2.45) is 0 Å². The summed E-state index contributed by atoms with van der Waals surface area (Å²) in [5.41, 5.74) is -1.06. The first-order valence-corrected chi connectivity index (χ1v) is 4.81. The maximum Gasteiger partial charge on any atom is 0.338 e. The van der Waals surface area contributed by atoms with E-state index in [1.807, 2.05) is 0 Å². The lowest BCUT2D eigenvalue weighted by atomic mass is 10.1. The van der Waals surface area contributed by atoms with Gasteiger partial charge in [0.1, 0.15) is 9.26 Å². The van der Waals surface area contributed by atoms with Crippen LogP contribution in [0.25, 0.3) is 0 Å². The van der Waals surface area contributed by atoms with Crippen molar-refractivity contribution in [1.29, 1.82) is 0 Å². The third-order valence-electron chi connectivity index (χ3n) is 1.64. The van der Waals surface area contributed by atoms with Crippen LogP contribution in [0.5, 0.6) is 5.88 Å². The number of alkyl halides is 2. The Bertz CT molecular complexity index is 398. The van der Waals surface area contributed by atoms with Gasteiger partial charge in [-0.15, -0.1) is 0 Å². The van der Waals surface area contributed by atoms with Gasteiger partial charge in [0, 0.05) is 11.6 Å². The lowest BCUT2D eigenvalue weighted by molar-refractivity contribution is 0.0682. The van der Waals surface area contributed by atoms with Crippen LogP contribution in [0.1, 0.15) is 22.3 Å². The molecule has 0 aromatic carbocycles. The molecular formula is C8H6F2INO3. The maximum atomic E-state index is 12.5. The molecule has 1 aromatic rings. The minimum atomic E-state index is -2.87. The number of hydrogen-bond acceptors (Lipinski definition) is 3. The zero-order valence-corrected chi connectivity index (χ0v) is 9.66. The van der Waals surface area contributed by atoms with Crippen molar-refractivity contribution >= 4 is 28.6 Å². The van der Waals surface area contributed by atoms with Crippen LogP contribution in [0.3, 0.4) is 0 Å². The van der Waals surface area contributed by atoms with Crippen molar-refractivity contribution in [1.82, 2.24) is 4.98 Å². The standard InChI is InChI=1S/C8H6F2INO3/c1-15-4-2-3(6(9)10)5(8(13)14)7(11)12-4/h2,6H,1H3,(H,13,14). The molecule has 1 N–H and O–H groups in total. The highest BCUT2D eigenvalue weighted by molar-refractivity contribution is 14.1. The summed E-state index contributed by atoms with van der Waals surface area (Å²) in [6.45, 7) is 0. The minimum Gasteiger partial charge on any atom is -0.481 e. The highest BCUT2D eigenvalue weighted by Gasteiger charge is 2.23. The fourth-order valence-electron chi connectivity index (χ4n) is 0.998. The fourth-order valence-corrected chi connectivity index (χ4v) is 1.78. The van der Waals surface area contributed by atoms with E-state index in [9.17, 15) is 13.6 Å². The molecular weight excluding hydrogens is 323 g/mol. The number of hydrogen-bond donors (Lipinski definition) is 1. The summed E-state index contributed by atoms with van der Waals surface area (Å²) in [6, 6.07) is 0.927. The van der Waals surface area contributed by atoms with Crippen LogP contribution in [0.2, 0.25) is 0 Å². The Kier molecular flexibility index (Phi) is 3.77. The quantitative estimate of drug-likeness (QED) is 0.683. The zero-order valence-electron chi connectivity index (χ0n) is 7.50. The Morgan fingerprint density at radius 3 is 2.67 bits per heavy atom. The van der Waals surface area contributed by atoms with E-state index < -0.39 is 23.5 Å². The number of carbonyl (C=O) groups is 1. The number of aromatic carboxylic acids is 1. The summed E-state index contributed by atoms with van der Waals surface area (Å²) in [6.07, 6.45) is -2.87. The van der Waals surface area contributed by atoms with Gasteiger partial charge in [0.15, 0.2) is 0 Å². The maximum absolute atomic E-state index is 12.5. The molecule has 1 rings (SSSR count). The number of halogens is 3. The molecule has 0 saturated carbocycles. The summed E-state index contributed by atoms with van der Waals surface area (Å²) in [4.78, 5) is 14.4. The number of ether oxygens (including phenoxy) is 1. The summed E-state index contributed by atoms with van der Waals surface area (Å²) in [7, 11) is 1.27. The number of nitrogens with zero attached hydrogens (tertiary/aromatic N) is 1. The molecule has 0 saturated heterocycles. The van der Waals surface area contributed by atoms with Gasteiger partial charge in [0.2, 0.25) is 5.88 Å². The number of aromatic nitrogens is 1. The van der Waals surface area contributed by atoms with E-state index in [-0.39, 0.29) is 9.58 Å². The third kappa shape index (κ3) is 2.52. The second kappa shape index (κ2) is 4.69. The molecule has 4 nitrogen and oxygen atoms in total.